The van der Waals surface area contributed by atoms with Gasteiger partial charge in [-0.15, -0.1) is 0 Å². The van der Waals surface area contributed by atoms with Gasteiger partial charge in [0.2, 0.25) is 0 Å². The molecule has 12 heteroatoms. The van der Waals surface area contributed by atoms with Crippen molar-refractivity contribution < 1.29 is 19.0 Å². The van der Waals surface area contributed by atoms with E-state index >= 15 is 0 Å². The fourth-order valence-electron chi connectivity index (χ4n) is 4.51. The smallest absolute Gasteiger partial charge is 0.407 e. The molecule has 1 amide bonds. The number of allylic oxidation sites excluding steroid dienone is 2. The Kier molecular flexibility index (Phi) is 9.64. The van der Waals surface area contributed by atoms with E-state index < -0.39 is 11.7 Å². The summed E-state index contributed by atoms with van der Waals surface area (Å²) in [5.41, 5.74) is 8.66. The lowest BCUT2D eigenvalue weighted by molar-refractivity contribution is 0.109. The molecule has 0 saturated heterocycles. The van der Waals surface area contributed by atoms with Crippen LogP contribution >= 0.6 is 0 Å². The number of carbonyl (C=O) groups is 1. The first kappa shape index (κ1) is 30.9. The fourth-order valence-corrected chi connectivity index (χ4v) is 4.51. The Balaban J connectivity index is 1.25. The Hall–Kier alpha value is -6.06. The van der Waals surface area contributed by atoms with Crippen LogP contribution in [-0.4, -0.2) is 41.9 Å². The fraction of sp³-hybridized carbons (Fsp3) is 0.250. The van der Waals surface area contributed by atoms with Gasteiger partial charge < -0.3 is 30.2 Å². The number of ether oxygens (including phenoxy) is 3. The summed E-state index contributed by atoms with van der Waals surface area (Å²) >= 11 is 0. The van der Waals surface area contributed by atoms with Crippen LogP contribution in [-0.2, 0) is 22.6 Å². The van der Waals surface area contributed by atoms with E-state index in [0.29, 0.717) is 24.5 Å². The molecule has 0 radical (unpaired) electrons. The number of likely N-dealkylation sites (N-methyl/N-ethyl adjacent to an activating group) is 1. The van der Waals surface area contributed by atoms with Crippen molar-refractivity contribution in [2.75, 3.05) is 30.8 Å². The lowest BCUT2D eigenvalue weighted by Crippen LogP contribution is -2.29. The summed E-state index contributed by atoms with van der Waals surface area (Å²) in [6.45, 7) is 4.76. The molecule has 3 N–H and O–H groups in total. The normalized spacial score (nSPS) is 13.1. The molecule has 0 spiro atoms. The summed E-state index contributed by atoms with van der Waals surface area (Å²) in [4.78, 5) is 22.2. The van der Waals surface area contributed by atoms with Crippen molar-refractivity contribution in [1.82, 2.24) is 15.3 Å². The van der Waals surface area contributed by atoms with Gasteiger partial charge in [0.05, 0.1) is 6.54 Å². The predicted octanol–water partition coefficient (Wildman–Crippen LogP) is 4.39. The zero-order chi connectivity index (χ0) is 31.7. The molecule has 44 heavy (non-hydrogen) atoms. The molecule has 222 valence electrons. The molecule has 0 fully saturated rings. The van der Waals surface area contributed by atoms with Crippen molar-refractivity contribution >= 4 is 23.2 Å². The number of aromatic nitrogens is 2. The van der Waals surface area contributed by atoms with Crippen LogP contribution < -0.4 is 20.7 Å². The third-order valence-corrected chi connectivity index (χ3v) is 6.74. The van der Waals surface area contributed by atoms with Crippen LogP contribution in [0, 0.1) is 34.0 Å². The van der Waals surface area contributed by atoms with Gasteiger partial charge in [0.1, 0.15) is 48.4 Å². The van der Waals surface area contributed by atoms with Crippen molar-refractivity contribution in [3.8, 4) is 24.2 Å². The number of nitriles is 3. The minimum Gasteiger partial charge on any atom is -0.480 e. The molecule has 2 heterocycles. The summed E-state index contributed by atoms with van der Waals surface area (Å²) in [6, 6.07) is 22.5. The number of carbonyl (C=O) groups excluding carboxylic acids is 1. The number of amides is 1. The molecule has 2 aromatic carbocycles. The molecule has 1 aromatic heterocycles. The first-order valence-electron chi connectivity index (χ1n) is 13.5. The number of hydrogen-bond donors (Lipinski definition) is 2. The summed E-state index contributed by atoms with van der Waals surface area (Å²) in [5.74, 6) is 0.335. The highest BCUT2D eigenvalue weighted by molar-refractivity contribution is 5.84. The van der Waals surface area contributed by atoms with Gasteiger partial charge in [0.25, 0.3) is 0 Å². The van der Waals surface area contributed by atoms with Gasteiger partial charge in [-0.2, -0.15) is 20.8 Å². The second-order valence-electron chi connectivity index (χ2n) is 10.2. The number of alkyl carbamates (subject to hydrolysis) is 1. The van der Waals surface area contributed by atoms with Crippen LogP contribution in [0.1, 0.15) is 30.5 Å². The van der Waals surface area contributed by atoms with Crippen LogP contribution in [0.25, 0.3) is 5.57 Å². The van der Waals surface area contributed by atoms with Gasteiger partial charge in [0, 0.05) is 31.0 Å². The van der Waals surface area contributed by atoms with Crippen LogP contribution in [0.2, 0.25) is 0 Å². The summed E-state index contributed by atoms with van der Waals surface area (Å²) in [6.07, 6.45) is 0.998. The third kappa shape index (κ3) is 7.41. The Bertz CT molecular complexity index is 1690. The van der Waals surface area contributed by atoms with E-state index in [4.69, 9.17) is 19.9 Å². The van der Waals surface area contributed by atoms with E-state index in [1.807, 2.05) is 60.5 Å². The van der Waals surface area contributed by atoms with E-state index in [9.17, 15) is 20.6 Å². The van der Waals surface area contributed by atoms with Gasteiger partial charge in [-0.3, -0.25) is 0 Å². The van der Waals surface area contributed by atoms with Crippen LogP contribution in [0.15, 0.2) is 77.7 Å². The first-order valence-corrected chi connectivity index (χ1v) is 13.5. The topological polar surface area (TPSA) is 183 Å². The number of rotatable bonds is 10. The van der Waals surface area contributed by atoms with Gasteiger partial charge in [0.15, 0.2) is 11.3 Å². The average molecular weight is 591 g/mol. The van der Waals surface area contributed by atoms with Crippen molar-refractivity contribution in [1.29, 1.82) is 15.8 Å². The zero-order valence-electron chi connectivity index (χ0n) is 24.5. The highest BCUT2D eigenvalue weighted by Gasteiger charge is 2.40. The maximum atomic E-state index is 12.2. The minimum absolute atomic E-state index is 0.00131. The van der Waals surface area contributed by atoms with Crippen LogP contribution in [0.4, 0.5) is 16.3 Å². The van der Waals surface area contributed by atoms with Gasteiger partial charge >= 0.3 is 12.1 Å². The number of benzene rings is 2. The van der Waals surface area contributed by atoms with Gasteiger partial charge in [-0.1, -0.05) is 36.4 Å². The molecule has 1 aliphatic heterocycles. The molecule has 0 atom stereocenters. The predicted molar refractivity (Wildman–Crippen MR) is 161 cm³/mol. The van der Waals surface area contributed by atoms with Crippen molar-refractivity contribution in [3.05, 3.63) is 94.4 Å². The Morgan fingerprint density at radius 2 is 1.73 bits per heavy atom. The van der Waals surface area contributed by atoms with E-state index in [1.165, 1.54) is 6.20 Å². The number of hydrogen-bond acceptors (Lipinski definition) is 11. The lowest BCUT2D eigenvalue weighted by Gasteiger charge is -2.24. The van der Waals surface area contributed by atoms with Gasteiger partial charge in [-0.25, -0.2) is 9.78 Å². The Morgan fingerprint density at radius 3 is 2.36 bits per heavy atom. The second kappa shape index (κ2) is 13.7. The molecule has 0 saturated carbocycles. The van der Waals surface area contributed by atoms with Gasteiger partial charge in [-0.05, 0) is 48.7 Å². The Morgan fingerprint density at radius 1 is 1.05 bits per heavy atom. The number of anilines is 2. The molecule has 4 rings (SSSR count). The molecule has 0 bridgehead atoms. The summed E-state index contributed by atoms with van der Waals surface area (Å²) < 4.78 is 16.7. The van der Waals surface area contributed by atoms with Crippen molar-refractivity contribution in [2.24, 2.45) is 0 Å². The van der Waals surface area contributed by atoms with E-state index in [0.717, 1.165) is 22.4 Å². The highest BCUT2D eigenvalue weighted by Crippen LogP contribution is 2.45. The molecule has 3 aromatic rings. The standard InChI is InChI=1S/C32H30N8O4/c1-32(2)28(26(18-35)29(44-32)24(16-33)17-34)23-8-10-25(11-9-23)40(3)14-15-42-31(41)38-19-21-4-6-22(7-5-21)20-43-30-37-13-12-27(36)39-30/h4-13H,14-15,19-20H2,1-3H3,(H,38,41)(H2,36,37,39). The first-order chi connectivity index (χ1) is 21.1. The molecule has 0 aliphatic carbocycles. The quantitative estimate of drug-likeness (QED) is 0.319. The van der Waals surface area contributed by atoms with Crippen molar-refractivity contribution in [3.63, 3.8) is 0 Å². The number of nitrogens with zero attached hydrogens (tertiary/aromatic N) is 6. The van der Waals surface area contributed by atoms with E-state index in [1.54, 1.807) is 32.1 Å². The van der Waals surface area contributed by atoms with E-state index in [-0.39, 0.29) is 36.1 Å². The largest absolute Gasteiger partial charge is 0.480 e. The van der Waals surface area contributed by atoms with Crippen molar-refractivity contribution in [2.45, 2.75) is 32.6 Å². The zero-order valence-corrected chi connectivity index (χ0v) is 24.5. The Labute approximate surface area is 255 Å². The minimum atomic E-state index is -0.905. The maximum Gasteiger partial charge on any atom is 0.407 e. The van der Waals surface area contributed by atoms with E-state index in [2.05, 4.69) is 21.4 Å². The van der Waals surface area contributed by atoms with Crippen LogP contribution in [0.3, 0.4) is 0 Å². The second-order valence-corrected chi connectivity index (χ2v) is 10.2. The maximum absolute atomic E-state index is 12.2. The molecule has 0 unspecified atom stereocenters. The molecule has 1 aliphatic rings. The SMILES string of the molecule is CN(CCOC(=O)NCc1ccc(COc2nccc(N)n2)cc1)c1ccc(C2=C(C#N)C(=C(C#N)C#N)OC2(C)C)cc1. The third-order valence-electron chi connectivity index (χ3n) is 6.74. The number of nitrogen functional groups attached to an aromatic ring is 1. The number of nitrogens with one attached hydrogen (secondary N) is 1. The average Bonchev–Trinajstić information content (AvgIpc) is 3.29. The molecular formula is C32H30N8O4. The lowest BCUT2D eigenvalue weighted by atomic mass is 9.89. The number of nitrogens with two attached hydrogens (primary N) is 1. The highest BCUT2D eigenvalue weighted by atomic mass is 16.5. The summed E-state index contributed by atoms with van der Waals surface area (Å²) in [5, 5.41) is 31.1. The monoisotopic (exact) mass is 590 g/mol. The van der Waals surface area contributed by atoms with Crippen LogP contribution in [0.5, 0.6) is 6.01 Å². The summed E-state index contributed by atoms with van der Waals surface area (Å²) in [7, 11) is 1.87. The molecular weight excluding hydrogens is 560 g/mol. The molecule has 12 nitrogen and oxygen atoms in total.